The fraction of sp³-hybridized carbons (Fsp3) is 0.261. The second kappa shape index (κ2) is 10.7. The first-order valence-corrected chi connectivity index (χ1v) is 11.6. The Morgan fingerprint density at radius 1 is 1.00 bits per heavy atom. The molecule has 2 aliphatic rings. The predicted octanol–water partition coefficient (Wildman–Crippen LogP) is 2.47. The Hall–Kier alpha value is -3.44. The Kier molecular flexibility index (Phi) is 7.43. The zero-order valence-corrected chi connectivity index (χ0v) is 18.9. The number of halogens is 2. The number of likely N-dealkylation sites (tertiary alicyclic amines) is 1. The van der Waals surface area contributed by atoms with Crippen molar-refractivity contribution in [1.29, 1.82) is 0 Å². The van der Waals surface area contributed by atoms with E-state index in [1.165, 1.54) is 28.4 Å². The Labute approximate surface area is 197 Å². The van der Waals surface area contributed by atoms with E-state index in [0.29, 0.717) is 36.8 Å². The summed E-state index contributed by atoms with van der Waals surface area (Å²) in [4.78, 5) is 27.1. The molecule has 0 bridgehead atoms. The molecular weight excluding hydrogens is 466 g/mol. The molecule has 178 valence electrons. The summed E-state index contributed by atoms with van der Waals surface area (Å²) in [5.74, 6) is 0.0367. The third-order valence-corrected chi connectivity index (χ3v) is 6.36. The van der Waals surface area contributed by atoms with Gasteiger partial charge in [-0.1, -0.05) is 36.4 Å². The van der Waals surface area contributed by atoms with E-state index in [-0.39, 0.29) is 24.0 Å². The van der Waals surface area contributed by atoms with Crippen molar-refractivity contribution in [1.82, 2.24) is 19.0 Å². The monoisotopic (exact) mass is 488 g/mol. The average molecular weight is 489 g/mol. The van der Waals surface area contributed by atoms with Gasteiger partial charge >= 0.3 is 6.61 Å². The van der Waals surface area contributed by atoms with E-state index < -0.39 is 17.6 Å². The van der Waals surface area contributed by atoms with Gasteiger partial charge in [0, 0.05) is 18.3 Å². The van der Waals surface area contributed by atoms with Gasteiger partial charge in [0.05, 0.1) is 36.8 Å². The van der Waals surface area contributed by atoms with Crippen LogP contribution in [0, 0.1) is 0 Å². The molecule has 5 rings (SSSR count). The summed E-state index contributed by atoms with van der Waals surface area (Å²) in [5, 5.41) is 4.30. The molecule has 0 saturated carbocycles. The lowest BCUT2D eigenvalue weighted by molar-refractivity contribution is -0.138. The maximum absolute atomic E-state index is 12.6. The van der Waals surface area contributed by atoms with Crippen LogP contribution in [0.15, 0.2) is 71.8 Å². The number of ketones is 1. The Balaban J connectivity index is 0.000000398. The van der Waals surface area contributed by atoms with Crippen LogP contribution in [0.2, 0.25) is 0 Å². The van der Waals surface area contributed by atoms with Crippen molar-refractivity contribution in [2.45, 2.75) is 24.6 Å². The fourth-order valence-electron chi connectivity index (χ4n) is 3.47. The molecule has 0 spiro atoms. The zero-order chi connectivity index (χ0) is 24.1. The highest BCUT2D eigenvalue weighted by Crippen LogP contribution is 2.24. The largest absolute Gasteiger partial charge is 0.435 e. The molecule has 1 fully saturated rings. The standard InChI is InChI=1S/C17H16F2N4O4S.C6H6/c18-17(19)27-13-1-3-14(4-2-13)28(26)23-6-11-5-22(9-15(11)20-23)16(25)10-21-7-12(24)8-21;1-2-4-6-5-3-1/h1-4,6,17H,5,7-10H2;1-6H. The van der Waals surface area contributed by atoms with Crippen LogP contribution < -0.4 is 4.74 Å². The molecule has 0 radical (unpaired) electrons. The van der Waals surface area contributed by atoms with Crippen molar-refractivity contribution in [3.05, 3.63) is 78.1 Å². The summed E-state index contributed by atoms with van der Waals surface area (Å²) in [7, 11) is -1.64. The van der Waals surface area contributed by atoms with Crippen LogP contribution >= 0.6 is 0 Å². The van der Waals surface area contributed by atoms with E-state index in [2.05, 4.69) is 9.84 Å². The highest BCUT2D eigenvalue weighted by Gasteiger charge is 2.31. The van der Waals surface area contributed by atoms with Crippen LogP contribution in [0.25, 0.3) is 0 Å². The first-order valence-electron chi connectivity index (χ1n) is 10.5. The van der Waals surface area contributed by atoms with Gasteiger partial charge in [-0.15, -0.1) is 0 Å². The van der Waals surface area contributed by atoms with Crippen molar-refractivity contribution in [3.8, 4) is 5.75 Å². The fourth-order valence-corrected chi connectivity index (χ4v) is 4.46. The van der Waals surface area contributed by atoms with Crippen molar-refractivity contribution in [3.63, 3.8) is 0 Å². The van der Waals surface area contributed by atoms with E-state index in [9.17, 15) is 22.6 Å². The molecule has 34 heavy (non-hydrogen) atoms. The minimum absolute atomic E-state index is 0.0169. The van der Waals surface area contributed by atoms with Crippen molar-refractivity contribution in [2.24, 2.45) is 0 Å². The van der Waals surface area contributed by atoms with Gasteiger partial charge in [-0.05, 0) is 24.3 Å². The maximum atomic E-state index is 12.6. The number of nitrogens with zero attached hydrogens (tertiary/aromatic N) is 4. The minimum atomic E-state index is -2.92. The van der Waals surface area contributed by atoms with Gasteiger partial charge in [-0.3, -0.25) is 14.5 Å². The van der Waals surface area contributed by atoms with Gasteiger partial charge in [-0.25, -0.2) is 4.21 Å². The summed E-state index contributed by atoms with van der Waals surface area (Å²) < 4.78 is 42.6. The zero-order valence-electron chi connectivity index (χ0n) is 18.0. The van der Waals surface area contributed by atoms with Crippen molar-refractivity contribution >= 4 is 22.7 Å². The van der Waals surface area contributed by atoms with Crippen molar-refractivity contribution < 1.29 is 27.3 Å². The van der Waals surface area contributed by atoms with Gasteiger partial charge in [0.15, 0.2) is 16.8 Å². The molecule has 0 N–H and O–H groups in total. The molecule has 1 amide bonds. The molecule has 2 aliphatic heterocycles. The van der Waals surface area contributed by atoms with Gasteiger partial charge in [0.25, 0.3) is 0 Å². The van der Waals surface area contributed by atoms with E-state index in [4.69, 9.17) is 0 Å². The minimum Gasteiger partial charge on any atom is -0.435 e. The van der Waals surface area contributed by atoms with Crippen LogP contribution in [0.4, 0.5) is 8.78 Å². The summed E-state index contributed by atoms with van der Waals surface area (Å²) in [5.41, 5.74) is 1.47. The van der Waals surface area contributed by atoms with E-state index in [1.807, 2.05) is 36.4 Å². The quantitative estimate of drug-likeness (QED) is 0.530. The highest BCUT2D eigenvalue weighted by atomic mass is 32.2. The van der Waals surface area contributed by atoms with Crippen LogP contribution in [0.5, 0.6) is 5.75 Å². The number of amides is 1. The van der Waals surface area contributed by atoms with Crippen molar-refractivity contribution in [2.75, 3.05) is 19.6 Å². The molecule has 0 aliphatic carbocycles. The Morgan fingerprint density at radius 3 is 2.15 bits per heavy atom. The molecule has 1 unspecified atom stereocenters. The second-order valence-corrected chi connectivity index (χ2v) is 9.03. The van der Waals surface area contributed by atoms with Gasteiger partial charge < -0.3 is 9.64 Å². The van der Waals surface area contributed by atoms with E-state index in [1.54, 1.807) is 16.0 Å². The molecule has 1 saturated heterocycles. The molecule has 11 heteroatoms. The molecule has 2 aromatic carbocycles. The molecule has 1 atom stereocenters. The summed E-state index contributed by atoms with van der Waals surface area (Å²) >= 11 is 0. The first kappa shape index (κ1) is 23.7. The number of Topliss-reactive ketones (excluding diaryl/α,β-unsaturated/α-hetero) is 1. The number of ether oxygens (including phenoxy) is 1. The number of carbonyl (C=O) groups is 2. The van der Waals surface area contributed by atoms with Gasteiger partial charge in [0.1, 0.15) is 5.75 Å². The summed E-state index contributed by atoms with van der Waals surface area (Å²) in [6, 6.07) is 17.5. The number of fused-ring (bicyclic) bond motifs is 1. The lowest BCUT2D eigenvalue weighted by Gasteiger charge is -2.30. The number of carbonyl (C=O) groups excluding carboxylic acids is 2. The third-order valence-electron chi connectivity index (χ3n) is 5.16. The van der Waals surface area contributed by atoms with E-state index in [0.717, 1.165) is 5.56 Å². The number of benzene rings is 2. The number of aromatic nitrogens is 2. The van der Waals surface area contributed by atoms with Gasteiger partial charge in [-0.2, -0.15) is 18.0 Å². The molecule has 3 heterocycles. The Bertz CT molecular complexity index is 1110. The molecule has 1 aromatic heterocycles. The topological polar surface area (TPSA) is 84.7 Å². The molecule has 8 nitrogen and oxygen atoms in total. The second-order valence-electron chi connectivity index (χ2n) is 7.69. The lowest BCUT2D eigenvalue weighted by atomic mass is 10.2. The smallest absolute Gasteiger partial charge is 0.387 e. The molecule has 3 aromatic rings. The number of rotatable bonds is 6. The van der Waals surface area contributed by atoms with Crippen LogP contribution in [-0.4, -0.2) is 61.1 Å². The van der Waals surface area contributed by atoms with E-state index >= 15 is 0 Å². The number of hydrogen-bond donors (Lipinski definition) is 0. The first-order chi connectivity index (χ1) is 16.4. The average Bonchev–Trinajstić information content (AvgIpc) is 3.39. The summed E-state index contributed by atoms with van der Waals surface area (Å²) in [6.45, 7) is -1.39. The molecular formula is C23H22F2N4O4S. The lowest BCUT2D eigenvalue weighted by Crippen LogP contribution is -2.51. The Morgan fingerprint density at radius 2 is 1.62 bits per heavy atom. The normalized spacial score (nSPS) is 15.9. The highest BCUT2D eigenvalue weighted by molar-refractivity contribution is 7.83. The predicted molar refractivity (Wildman–Crippen MR) is 119 cm³/mol. The van der Waals surface area contributed by atoms with Crippen LogP contribution in [-0.2, 0) is 33.7 Å². The SMILES string of the molecule is O=C1CN(CC(=O)N2Cc3cn(S(=O)c4ccc(OC(F)F)cc4)nc3C2)C1.c1ccccc1. The van der Waals surface area contributed by atoms with Crippen LogP contribution in [0.3, 0.4) is 0 Å². The van der Waals surface area contributed by atoms with Crippen LogP contribution in [0.1, 0.15) is 11.3 Å². The third kappa shape index (κ3) is 5.91. The van der Waals surface area contributed by atoms with Gasteiger partial charge in [0.2, 0.25) is 5.91 Å². The maximum Gasteiger partial charge on any atom is 0.387 e. The number of alkyl halides is 2. The summed E-state index contributed by atoms with van der Waals surface area (Å²) in [6.07, 6.45) is 1.62. The number of hydrogen-bond acceptors (Lipinski definition) is 6.